The van der Waals surface area contributed by atoms with E-state index < -0.39 is 0 Å². The number of hydrogen-bond acceptors (Lipinski definition) is 3. The number of Topliss-reactive ketones (excluding diaryl/α,β-unsaturated/α-hetero) is 1. The molecule has 3 rings (SSSR count). The number of carbonyl (C=O) groups is 1. The van der Waals surface area contributed by atoms with Crippen LogP contribution in [0.5, 0.6) is 0 Å². The highest BCUT2D eigenvalue weighted by molar-refractivity contribution is 5.83. The van der Waals surface area contributed by atoms with E-state index in [1.54, 1.807) is 0 Å². The minimum atomic E-state index is 0.346. The van der Waals surface area contributed by atoms with Crippen LogP contribution in [0.4, 0.5) is 0 Å². The Bertz CT molecular complexity index is 286. The van der Waals surface area contributed by atoms with Crippen LogP contribution in [0.3, 0.4) is 0 Å². The van der Waals surface area contributed by atoms with Crippen molar-refractivity contribution in [2.45, 2.75) is 57.1 Å². The molecule has 0 aromatic heterocycles. The second kappa shape index (κ2) is 5.07. The van der Waals surface area contributed by atoms with Gasteiger partial charge in [0, 0.05) is 31.5 Å². The predicted octanol–water partition coefficient (Wildman–Crippen LogP) is 2.00. The largest absolute Gasteiger partial charge is 0.377 e. The van der Waals surface area contributed by atoms with Crippen LogP contribution in [0.1, 0.15) is 44.9 Å². The highest BCUT2D eigenvalue weighted by atomic mass is 16.5. The lowest BCUT2D eigenvalue weighted by atomic mass is 9.95. The van der Waals surface area contributed by atoms with Crippen molar-refractivity contribution >= 4 is 5.78 Å². The molecule has 2 saturated heterocycles. The molecule has 0 radical (unpaired) electrons. The van der Waals surface area contributed by atoms with Crippen LogP contribution < -0.4 is 0 Å². The molecule has 3 nitrogen and oxygen atoms in total. The van der Waals surface area contributed by atoms with E-state index in [2.05, 4.69) is 4.90 Å². The van der Waals surface area contributed by atoms with Gasteiger partial charge in [0.15, 0.2) is 0 Å². The van der Waals surface area contributed by atoms with Crippen molar-refractivity contribution in [1.82, 2.24) is 4.90 Å². The Morgan fingerprint density at radius 1 is 1.18 bits per heavy atom. The lowest BCUT2D eigenvalue weighted by Crippen LogP contribution is -2.41. The fraction of sp³-hybridized carbons (Fsp3) is 0.929. The molecule has 1 saturated carbocycles. The molecule has 0 bridgehead atoms. The van der Waals surface area contributed by atoms with Crippen LogP contribution >= 0.6 is 0 Å². The van der Waals surface area contributed by atoms with Gasteiger partial charge in [0.1, 0.15) is 5.78 Å². The predicted molar refractivity (Wildman–Crippen MR) is 65.9 cm³/mol. The minimum absolute atomic E-state index is 0.346. The van der Waals surface area contributed by atoms with Crippen molar-refractivity contribution in [3.05, 3.63) is 0 Å². The topological polar surface area (TPSA) is 29.5 Å². The van der Waals surface area contributed by atoms with E-state index in [0.29, 0.717) is 23.8 Å². The summed E-state index contributed by atoms with van der Waals surface area (Å²) in [7, 11) is 0. The van der Waals surface area contributed by atoms with Gasteiger partial charge in [-0.3, -0.25) is 9.69 Å². The first-order valence-corrected chi connectivity index (χ1v) is 7.23. The maximum atomic E-state index is 11.9. The second-order valence-corrected chi connectivity index (χ2v) is 5.80. The lowest BCUT2D eigenvalue weighted by Gasteiger charge is -2.30. The van der Waals surface area contributed by atoms with Gasteiger partial charge in [-0.15, -0.1) is 0 Å². The number of ether oxygens (including phenoxy) is 1. The molecule has 3 heteroatoms. The first kappa shape index (κ1) is 11.7. The second-order valence-electron chi connectivity index (χ2n) is 5.80. The summed E-state index contributed by atoms with van der Waals surface area (Å²) in [5, 5.41) is 0. The average Bonchev–Trinajstić information content (AvgIpc) is 3.00. The number of nitrogens with zero attached hydrogens (tertiary/aromatic N) is 1. The number of hydrogen-bond donors (Lipinski definition) is 0. The quantitative estimate of drug-likeness (QED) is 0.752. The van der Waals surface area contributed by atoms with Crippen molar-refractivity contribution in [2.24, 2.45) is 5.92 Å². The first-order chi connectivity index (χ1) is 8.34. The molecular weight excluding hydrogens is 214 g/mol. The SMILES string of the molecule is O=C1CCCC1C1CCCN1CC1CCCO1. The van der Waals surface area contributed by atoms with E-state index in [0.717, 1.165) is 32.4 Å². The van der Waals surface area contributed by atoms with E-state index in [1.165, 1.54) is 32.2 Å². The molecule has 3 aliphatic rings. The molecule has 0 spiro atoms. The summed E-state index contributed by atoms with van der Waals surface area (Å²) >= 11 is 0. The highest BCUT2D eigenvalue weighted by Crippen LogP contribution is 2.33. The van der Waals surface area contributed by atoms with Crippen LogP contribution in [0.15, 0.2) is 0 Å². The molecule has 2 heterocycles. The summed E-state index contributed by atoms with van der Waals surface area (Å²) in [5.41, 5.74) is 0. The van der Waals surface area contributed by atoms with Crippen molar-refractivity contribution in [3.8, 4) is 0 Å². The zero-order valence-electron chi connectivity index (χ0n) is 10.6. The molecule has 0 N–H and O–H groups in total. The molecule has 96 valence electrons. The number of rotatable bonds is 3. The third-order valence-corrected chi connectivity index (χ3v) is 4.69. The van der Waals surface area contributed by atoms with Crippen molar-refractivity contribution in [3.63, 3.8) is 0 Å². The Morgan fingerprint density at radius 3 is 2.82 bits per heavy atom. The minimum Gasteiger partial charge on any atom is -0.377 e. The number of ketones is 1. The Kier molecular flexibility index (Phi) is 3.48. The standard InChI is InChI=1S/C14H23NO2/c16-14-7-1-5-12(14)13-6-2-8-15(13)10-11-4-3-9-17-11/h11-13H,1-10H2. The zero-order chi connectivity index (χ0) is 11.7. The highest BCUT2D eigenvalue weighted by Gasteiger charge is 2.38. The Hall–Kier alpha value is -0.410. The maximum Gasteiger partial charge on any atom is 0.137 e. The molecule has 0 aromatic carbocycles. The van der Waals surface area contributed by atoms with Gasteiger partial charge in [0.05, 0.1) is 6.10 Å². The molecule has 0 amide bonds. The first-order valence-electron chi connectivity index (χ1n) is 7.23. The van der Waals surface area contributed by atoms with Gasteiger partial charge in [-0.1, -0.05) is 0 Å². The van der Waals surface area contributed by atoms with E-state index >= 15 is 0 Å². The van der Waals surface area contributed by atoms with Gasteiger partial charge in [0.25, 0.3) is 0 Å². The molecule has 2 aliphatic heterocycles. The average molecular weight is 237 g/mol. The number of carbonyl (C=O) groups excluding carboxylic acids is 1. The molecule has 3 atom stereocenters. The fourth-order valence-electron chi connectivity index (χ4n) is 3.83. The molecule has 3 fully saturated rings. The van der Waals surface area contributed by atoms with Crippen LogP contribution in [0.2, 0.25) is 0 Å². The Morgan fingerprint density at radius 2 is 2.12 bits per heavy atom. The third kappa shape index (κ3) is 2.41. The molecule has 0 aromatic rings. The summed E-state index contributed by atoms with van der Waals surface area (Å²) < 4.78 is 5.73. The van der Waals surface area contributed by atoms with Gasteiger partial charge in [0.2, 0.25) is 0 Å². The summed E-state index contributed by atoms with van der Waals surface area (Å²) in [6.07, 6.45) is 8.43. The summed E-state index contributed by atoms with van der Waals surface area (Å²) in [6.45, 7) is 3.17. The zero-order valence-corrected chi connectivity index (χ0v) is 10.6. The maximum absolute atomic E-state index is 11.9. The van der Waals surface area contributed by atoms with Gasteiger partial charge in [-0.05, 0) is 45.1 Å². The van der Waals surface area contributed by atoms with Gasteiger partial charge in [-0.2, -0.15) is 0 Å². The van der Waals surface area contributed by atoms with Crippen molar-refractivity contribution < 1.29 is 9.53 Å². The smallest absolute Gasteiger partial charge is 0.137 e. The van der Waals surface area contributed by atoms with Crippen LogP contribution in [-0.2, 0) is 9.53 Å². The van der Waals surface area contributed by atoms with Crippen molar-refractivity contribution in [2.75, 3.05) is 19.7 Å². The van der Waals surface area contributed by atoms with Gasteiger partial charge in [-0.25, -0.2) is 0 Å². The molecular formula is C14H23NO2. The molecule has 3 unspecified atom stereocenters. The van der Waals surface area contributed by atoms with E-state index in [-0.39, 0.29) is 0 Å². The summed E-state index contributed by atoms with van der Waals surface area (Å²) in [4.78, 5) is 14.4. The lowest BCUT2D eigenvalue weighted by molar-refractivity contribution is -0.122. The molecule has 1 aliphatic carbocycles. The van der Waals surface area contributed by atoms with Crippen molar-refractivity contribution in [1.29, 1.82) is 0 Å². The van der Waals surface area contributed by atoms with Crippen LogP contribution in [0, 0.1) is 5.92 Å². The van der Waals surface area contributed by atoms with E-state index in [1.807, 2.05) is 0 Å². The molecule has 17 heavy (non-hydrogen) atoms. The summed E-state index contributed by atoms with van der Waals surface area (Å²) in [5.74, 6) is 0.869. The number of likely N-dealkylation sites (tertiary alicyclic amines) is 1. The van der Waals surface area contributed by atoms with E-state index in [9.17, 15) is 4.79 Å². The van der Waals surface area contributed by atoms with Crippen LogP contribution in [-0.4, -0.2) is 42.5 Å². The Balaban J connectivity index is 1.60. The van der Waals surface area contributed by atoms with Gasteiger partial charge < -0.3 is 4.74 Å². The Labute approximate surface area is 104 Å². The summed E-state index contributed by atoms with van der Waals surface area (Å²) in [6, 6.07) is 0.536. The van der Waals surface area contributed by atoms with E-state index in [4.69, 9.17) is 4.74 Å². The monoisotopic (exact) mass is 237 g/mol. The van der Waals surface area contributed by atoms with Gasteiger partial charge >= 0.3 is 0 Å². The fourth-order valence-corrected chi connectivity index (χ4v) is 3.83. The van der Waals surface area contributed by atoms with Crippen LogP contribution in [0.25, 0.3) is 0 Å². The third-order valence-electron chi connectivity index (χ3n) is 4.69. The normalized spacial score (nSPS) is 39.3.